The van der Waals surface area contributed by atoms with Gasteiger partial charge in [0.1, 0.15) is 0 Å². The Kier molecular flexibility index (Phi) is 7.19. The first-order chi connectivity index (χ1) is 16.1. The van der Waals surface area contributed by atoms with Gasteiger partial charge in [0.2, 0.25) is 5.43 Å². The van der Waals surface area contributed by atoms with Gasteiger partial charge < -0.3 is 10.2 Å². The number of carbonyl (C=O) groups is 2. The number of nitrogens with zero attached hydrogens (tertiary/aromatic N) is 3. The molecule has 0 aliphatic rings. The number of rotatable bonds is 6. The SMILES string of the molecule is CCN(CC)C(=O)c1cccc(NC(=O)c2nn(-c3ccccc3C(F)(F)F)c(C)cc2=O)c1. The first-order valence-electron chi connectivity index (χ1n) is 10.5. The van der Waals surface area contributed by atoms with Crippen LogP contribution in [0.25, 0.3) is 5.69 Å². The first-order valence-corrected chi connectivity index (χ1v) is 10.5. The number of halogens is 3. The van der Waals surface area contributed by atoms with E-state index in [-0.39, 0.29) is 23.0 Å². The number of aryl methyl sites for hydroxylation is 1. The predicted molar refractivity (Wildman–Crippen MR) is 121 cm³/mol. The summed E-state index contributed by atoms with van der Waals surface area (Å²) in [7, 11) is 0. The van der Waals surface area contributed by atoms with Gasteiger partial charge in [0.05, 0.1) is 11.3 Å². The summed E-state index contributed by atoms with van der Waals surface area (Å²) >= 11 is 0. The summed E-state index contributed by atoms with van der Waals surface area (Å²) < 4.78 is 41.4. The van der Waals surface area contributed by atoms with Crippen molar-refractivity contribution in [2.75, 3.05) is 18.4 Å². The van der Waals surface area contributed by atoms with Crippen molar-refractivity contribution in [2.24, 2.45) is 0 Å². The third-order valence-corrected chi connectivity index (χ3v) is 5.18. The van der Waals surface area contributed by atoms with Crippen molar-refractivity contribution in [2.45, 2.75) is 26.9 Å². The normalized spacial score (nSPS) is 11.2. The number of anilines is 1. The van der Waals surface area contributed by atoms with Crippen LogP contribution in [0, 0.1) is 6.92 Å². The number of hydrogen-bond donors (Lipinski definition) is 1. The summed E-state index contributed by atoms with van der Waals surface area (Å²) in [5.74, 6) is -1.13. The number of benzene rings is 2. The Morgan fingerprint density at radius 2 is 1.71 bits per heavy atom. The number of alkyl halides is 3. The number of amides is 2. The molecule has 0 fully saturated rings. The molecule has 0 aliphatic heterocycles. The first kappa shape index (κ1) is 24.7. The molecule has 0 atom stereocenters. The molecule has 10 heteroatoms. The number of para-hydroxylation sites is 1. The highest BCUT2D eigenvalue weighted by Gasteiger charge is 2.34. The van der Waals surface area contributed by atoms with E-state index >= 15 is 0 Å². The Bertz CT molecular complexity index is 1280. The Morgan fingerprint density at radius 1 is 1.03 bits per heavy atom. The van der Waals surface area contributed by atoms with Crippen LogP contribution in [-0.2, 0) is 6.18 Å². The fourth-order valence-electron chi connectivity index (χ4n) is 3.46. The molecule has 0 bridgehead atoms. The zero-order valence-electron chi connectivity index (χ0n) is 18.8. The summed E-state index contributed by atoms with van der Waals surface area (Å²) in [4.78, 5) is 39.5. The van der Waals surface area contributed by atoms with Gasteiger partial charge >= 0.3 is 6.18 Å². The largest absolute Gasteiger partial charge is 0.418 e. The van der Waals surface area contributed by atoms with Gasteiger partial charge in [0, 0.05) is 36.1 Å². The minimum absolute atomic E-state index is 0.130. The van der Waals surface area contributed by atoms with E-state index in [9.17, 15) is 27.6 Å². The van der Waals surface area contributed by atoms with Crippen LogP contribution in [0.3, 0.4) is 0 Å². The topological polar surface area (TPSA) is 84.3 Å². The van der Waals surface area contributed by atoms with Crippen LogP contribution in [0.2, 0.25) is 0 Å². The van der Waals surface area contributed by atoms with Gasteiger partial charge in [-0.3, -0.25) is 14.4 Å². The van der Waals surface area contributed by atoms with Crippen LogP contribution < -0.4 is 10.7 Å². The quantitative estimate of drug-likeness (QED) is 0.580. The predicted octanol–water partition coefficient (Wildman–Crippen LogP) is 4.29. The maximum Gasteiger partial charge on any atom is 0.418 e. The van der Waals surface area contributed by atoms with Gasteiger partial charge in [0.15, 0.2) is 5.69 Å². The molecule has 3 aromatic rings. The molecule has 2 amide bonds. The molecular formula is C24H23F3N4O3. The fraction of sp³-hybridized carbons (Fsp3) is 0.250. The van der Waals surface area contributed by atoms with E-state index in [0.29, 0.717) is 18.7 Å². The van der Waals surface area contributed by atoms with Crippen LogP contribution in [0.5, 0.6) is 0 Å². The molecule has 178 valence electrons. The van der Waals surface area contributed by atoms with Crippen LogP contribution in [0.1, 0.15) is 46.0 Å². The number of carbonyl (C=O) groups excluding carboxylic acids is 2. The van der Waals surface area contributed by atoms with Gasteiger partial charge in [-0.25, -0.2) is 4.68 Å². The molecule has 3 rings (SSSR count). The van der Waals surface area contributed by atoms with Crippen molar-refractivity contribution < 1.29 is 22.8 Å². The monoisotopic (exact) mass is 472 g/mol. The van der Waals surface area contributed by atoms with Crippen molar-refractivity contribution >= 4 is 17.5 Å². The van der Waals surface area contributed by atoms with Crippen molar-refractivity contribution in [3.8, 4) is 5.69 Å². The Morgan fingerprint density at radius 3 is 2.35 bits per heavy atom. The summed E-state index contributed by atoms with van der Waals surface area (Å²) in [6.45, 7) is 6.14. The molecular weight excluding hydrogens is 449 g/mol. The molecule has 0 unspecified atom stereocenters. The minimum atomic E-state index is -4.66. The zero-order valence-corrected chi connectivity index (χ0v) is 18.8. The standard InChI is InChI=1S/C24H23F3N4O3/c1-4-30(5-2)23(34)16-9-8-10-17(14-16)28-22(33)21-20(32)13-15(3)31(29-21)19-12-7-6-11-18(19)24(25,26)27/h6-14H,4-5H2,1-3H3,(H,28,33). The molecule has 0 saturated carbocycles. The lowest BCUT2D eigenvalue weighted by atomic mass is 10.1. The number of hydrogen-bond acceptors (Lipinski definition) is 4. The molecule has 7 nitrogen and oxygen atoms in total. The zero-order chi connectivity index (χ0) is 25.0. The highest BCUT2D eigenvalue weighted by atomic mass is 19.4. The smallest absolute Gasteiger partial charge is 0.339 e. The summed E-state index contributed by atoms with van der Waals surface area (Å²) in [6.07, 6.45) is -4.66. The van der Waals surface area contributed by atoms with Crippen LogP contribution in [0.4, 0.5) is 18.9 Å². The maximum atomic E-state index is 13.5. The van der Waals surface area contributed by atoms with Gasteiger partial charge in [0.25, 0.3) is 11.8 Å². The van der Waals surface area contributed by atoms with Gasteiger partial charge in [-0.1, -0.05) is 18.2 Å². The van der Waals surface area contributed by atoms with Crippen molar-refractivity contribution in [1.29, 1.82) is 0 Å². The second kappa shape index (κ2) is 9.90. The van der Waals surface area contributed by atoms with E-state index in [1.807, 2.05) is 13.8 Å². The molecule has 0 saturated heterocycles. The molecule has 0 aliphatic carbocycles. The lowest BCUT2D eigenvalue weighted by Crippen LogP contribution is -2.30. The Balaban J connectivity index is 1.97. The highest BCUT2D eigenvalue weighted by molar-refractivity contribution is 6.03. The van der Waals surface area contributed by atoms with Gasteiger partial charge in [-0.15, -0.1) is 0 Å². The van der Waals surface area contributed by atoms with E-state index in [0.717, 1.165) is 16.8 Å². The van der Waals surface area contributed by atoms with E-state index in [2.05, 4.69) is 10.4 Å². The van der Waals surface area contributed by atoms with Crippen LogP contribution in [-0.4, -0.2) is 39.6 Å². The summed E-state index contributed by atoms with van der Waals surface area (Å²) in [5.41, 5.74) is -1.88. The summed E-state index contributed by atoms with van der Waals surface area (Å²) in [6, 6.07) is 12.0. The van der Waals surface area contributed by atoms with Crippen molar-refractivity contribution in [3.63, 3.8) is 0 Å². The fourth-order valence-corrected chi connectivity index (χ4v) is 3.46. The minimum Gasteiger partial charge on any atom is -0.339 e. The number of nitrogens with one attached hydrogen (secondary N) is 1. The molecule has 0 radical (unpaired) electrons. The average Bonchev–Trinajstić information content (AvgIpc) is 2.79. The molecule has 1 N–H and O–H groups in total. The summed E-state index contributed by atoms with van der Waals surface area (Å²) in [5, 5.41) is 6.45. The van der Waals surface area contributed by atoms with Crippen molar-refractivity contribution in [3.05, 3.63) is 87.3 Å². The van der Waals surface area contributed by atoms with E-state index in [1.165, 1.54) is 37.3 Å². The molecule has 1 heterocycles. The molecule has 2 aromatic carbocycles. The second-order valence-electron chi connectivity index (χ2n) is 7.44. The molecule has 1 aromatic heterocycles. The lowest BCUT2D eigenvalue weighted by molar-refractivity contribution is -0.137. The van der Waals surface area contributed by atoms with Gasteiger partial charge in [-0.2, -0.15) is 18.3 Å². The molecule has 0 spiro atoms. The van der Waals surface area contributed by atoms with E-state index < -0.39 is 28.8 Å². The average molecular weight is 472 g/mol. The van der Waals surface area contributed by atoms with Crippen LogP contribution in [0.15, 0.2) is 59.4 Å². The number of aromatic nitrogens is 2. The highest BCUT2D eigenvalue weighted by Crippen LogP contribution is 2.33. The van der Waals surface area contributed by atoms with Crippen LogP contribution >= 0.6 is 0 Å². The lowest BCUT2D eigenvalue weighted by Gasteiger charge is -2.19. The maximum absolute atomic E-state index is 13.5. The Labute approximate surface area is 193 Å². The van der Waals surface area contributed by atoms with E-state index in [1.54, 1.807) is 17.0 Å². The third-order valence-electron chi connectivity index (χ3n) is 5.18. The second-order valence-corrected chi connectivity index (χ2v) is 7.44. The van der Waals surface area contributed by atoms with Gasteiger partial charge in [-0.05, 0) is 51.1 Å². The Hall–Kier alpha value is -3.95. The third kappa shape index (κ3) is 5.16. The van der Waals surface area contributed by atoms with Crippen molar-refractivity contribution in [1.82, 2.24) is 14.7 Å². The molecule has 34 heavy (non-hydrogen) atoms. The van der Waals surface area contributed by atoms with E-state index in [4.69, 9.17) is 0 Å².